The molecular formula is C19H21N5O2. The van der Waals surface area contributed by atoms with Gasteiger partial charge in [-0.15, -0.1) is 0 Å². The van der Waals surface area contributed by atoms with Crippen LogP contribution in [0, 0.1) is 12.8 Å². The largest absolute Gasteiger partial charge is 0.354 e. The Kier molecular flexibility index (Phi) is 4.28. The summed E-state index contributed by atoms with van der Waals surface area (Å²) in [4.78, 5) is 28.8. The number of hydrogen-bond donors (Lipinski definition) is 1. The SMILES string of the molecule is Cc1ccc(Cn2cnc3c(cnn3CCNC(=O)C3CC3)c2=O)cc1. The maximum atomic E-state index is 12.7. The molecule has 1 N–H and O–H groups in total. The summed E-state index contributed by atoms with van der Waals surface area (Å²) in [6.45, 7) is 3.49. The Morgan fingerprint density at radius 2 is 2.04 bits per heavy atom. The Morgan fingerprint density at radius 1 is 1.27 bits per heavy atom. The molecule has 1 aliphatic rings. The van der Waals surface area contributed by atoms with Gasteiger partial charge in [0.05, 0.1) is 19.3 Å². The molecule has 3 aromatic rings. The van der Waals surface area contributed by atoms with E-state index < -0.39 is 0 Å². The first-order valence-electron chi connectivity index (χ1n) is 8.86. The van der Waals surface area contributed by atoms with Crippen molar-refractivity contribution in [3.63, 3.8) is 0 Å². The van der Waals surface area contributed by atoms with Gasteiger partial charge in [-0.1, -0.05) is 29.8 Å². The van der Waals surface area contributed by atoms with E-state index in [1.807, 2.05) is 31.2 Å². The molecule has 2 aromatic heterocycles. The lowest BCUT2D eigenvalue weighted by atomic mass is 10.1. The van der Waals surface area contributed by atoms with Crippen molar-refractivity contribution in [2.75, 3.05) is 6.54 Å². The van der Waals surface area contributed by atoms with E-state index in [9.17, 15) is 9.59 Å². The maximum absolute atomic E-state index is 12.7. The summed E-state index contributed by atoms with van der Waals surface area (Å²) in [7, 11) is 0. The van der Waals surface area contributed by atoms with Crippen molar-refractivity contribution >= 4 is 16.9 Å². The average Bonchev–Trinajstić information content (AvgIpc) is 3.41. The van der Waals surface area contributed by atoms with E-state index in [-0.39, 0.29) is 17.4 Å². The summed E-state index contributed by atoms with van der Waals surface area (Å²) in [6.07, 6.45) is 5.09. The van der Waals surface area contributed by atoms with Crippen LogP contribution in [0.1, 0.15) is 24.0 Å². The van der Waals surface area contributed by atoms with Crippen LogP contribution in [-0.2, 0) is 17.9 Å². The smallest absolute Gasteiger partial charge is 0.264 e. The fraction of sp³-hybridized carbons (Fsp3) is 0.368. The van der Waals surface area contributed by atoms with Crippen LogP contribution in [0.15, 0.2) is 41.6 Å². The summed E-state index contributed by atoms with van der Waals surface area (Å²) >= 11 is 0. The zero-order valence-electron chi connectivity index (χ0n) is 14.7. The van der Waals surface area contributed by atoms with Crippen LogP contribution in [0.5, 0.6) is 0 Å². The molecule has 134 valence electrons. The van der Waals surface area contributed by atoms with Crippen molar-refractivity contribution in [2.24, 2.45) is 5.92 Å². The van der Waals surface area contributed by atoms with Gasteiger partial charge in [-0.05, 0) is 25.3 Å². The van der Waals surface area contributed by atoms with Gasteiger partial charge in [-0.3, -0.25) is 14.2 Å². The second-order valence-corrected chi connectivity index (χ2v) is 6.83. The lowest BCUT2D eigenvalue weighted by molar-refractivity contribution is -0.122. The van der Waals surface area contributed by atoms with E-state index in [1.165, 1.54) is 5.56 Å². The molecule has 1 saturated carbocycles. The van der Waals surface area contributed by atoms with Crippen molar-refractivity contribution in [1.82, 2.24) is 24.6 Å². The number of carbonyl (C=O) groups excluding carboxylic acids is 1. The van der Waals surface area contributed by atoms with Crippen molar-refractivity contribution in [3.05, 3.63) is 58.3 Å². The minimum absolute atomic E-state index is 0.106. The molecule has 0 bridgehead atoms. The number of nitrogens with zero attached hydrogens (tertiary/aromatic N) is 4. The van der Waals surface area contributed by atoms with E-state index in [0.717, 1.165) is 18.4 Å². The number of carbonyl (C=O) groups is 1. The quantitative estimate of drug-likeness (QED) is 0.729. The van der Waals surface area contributed by atoms with Gasteiger partial charge in [-0.25, -0.2) is 9.67 Å². The third-order valence-electron chi connectivity index (χ3n) is 4.67. The van der Waals surface area contributed by atoms with Gasteiger partial charge in [-0.2, -0.15) is 5.10 Å². The summed E-state index contributed by atoms with van der Waals surface area (Å²) < 4.78 is 3.26. The first-order chi connectivity index (χ1) is 12.6. The predicted molar refractivity (Wildman–Crippen MR) is 97.8 cm³/mol. The van der Waals surface area contributed by atoms with E-state index in [2.05, 4.69) is 15.4 Å². The van der Waals surface area contributed by atoms with Crippen molar-refractivity contribution in [2.45, 2.75) is 32.9 Å². The van der Waals surface area contributed by atoms with Crippen LogP contribution < -0.4 is 10.9 Å². The van der Waals surface area contributed by atoms with E-state index in [0.29, 0.717) is 30.7 Å². The van der Waals surface area contributed by atoms with Crippen molar-refractivity contribution in [1.29, 1.82) is 0 Å². The summed E-state index contributed by atoms with van der Waals surface area (Å²) in [5.41, 5.74) is 2.68. The molecule has 26 heavy (non-hydrogen) atoms. The van der Waals surface area contributed by atoms with Crippen LogP contribution in [0.4, 0.5) is 0 Å². The molecule has 7 heteroatoms. The number of aromatic nitrogens is 4. The van der Waals surface area contributed by atoms with Gasteiger partial charge in [0.2, 0.25) is 5.91 Å². The van der Waals surface area contributed by atoms with Gasteiger partial charge < -0.3 is 5.32 Å². The highest BCUT2D eigenvalue weighted by atomic mass is 16.2. The highest BCUT2D eigenvalue weighted by Crippen LogP contribution is 2.28. The summed E-state index contributed by atoms with van der Waals surface area (Å²) in [5.74, 6) is 0.298. The van der Waals surface area contributed by atoms with E-state index in [1.54, 1.807) is 21.8 Å². The van der Waals surface area contributed by atoms with Crippen LogP contribution >= 0.6 is 0 Å². The zero-order chi connectivity index (χ0) is 18.1. The first kappa shape index (κ1) is 16.5. The highest BCUT2D eigenvalue weighted by molar-refractivity contribution is 5.80. The van der Waals surface area contributed by atoms with Crippen LogP contribution in [-0.4, -0.2) is 31.8 Å². The number of aryl methyl sites for hydroxylation is 1. The fourth-order valence-corrected chi connectivity index (χ4v) is 2.94. The zero-order valence-corrected chi connectivity index (χ0v) is 14.7. The van der Waals surface area contributed by atoms with Crippen LogP contribution in [0.2, 0.25) is 0 Å². The molecule has 0 unspecified atom stereocenters. The highest BCUT2D eigenvalue weighted by Gasteiger charge is 2.29. The molecule has 1 amide bonds. The number of hydrogen-bond acceptors (Lipinski definition) is 4. The minimum Gasteiger partial charge on any atom is -0.354 e. The summed E-state index contributed by atoms with van der Waals surface area (Å²) in [5, 5.41) is 7.66. The molecule has 7 nitrogen and oxygen atoms in total. The Hall–Kier alpha value is -2.96. The average molecular weight is 351 g/mol. The molecule has 0 saturated heterocycles. The lowest BCUT2D eigenvalue weighted by Crippen LogP contribution is -2.28. The van der Waals surface area contributed by atoms with Gasteiger partial charge >= 0.3 is 0 Å². The number of rotatable bonds is 6. The molecule has 4 rings (SSSR count). The molecular weight excluding hydrogens is 330 g/mol. The molecule has 0 spiro atoms. The number of amides is 1. The Morgan fingerprint density at radius 3 is 2.77 bits per heavy atom. The monoisotopic (exact) mass is 351 g/mol. The molecule has 0 aliphatic heterocycles. The summed E-state index contributed by atoms with van der Waals surface area (Å²) in [6, 6.07) is 8.08. The second kappa shape index (κ2) is 6.74. The predicted octanol–water partition coefficient (Wildman–Crippen LogP) is 1.48. The van der Waals surface area contributed by atoms with Crippen molar-refractivity contribution in [3.8, 4) is 0 Å². The normalized spacial score (nSPS) is 13.9. The lowest BCUT2D eigenvalue weighted by Gasteiger charge is -2.07. The maximum Gasteiger partial charge on any atom is 0.264 e. The Bertz CT molecular complexity index is 999. The molecule has 0 radical (unpaired) electrons. The number of nitrogens with one attached hydrogen (secondary N) is 1. The Balaban J connectivity index is 1.50. The van der Waals surface area contributed by atoms with Gasteiger partial charge in [0.25, 0.3) is 5.56 Å². The number of fused-ring (bicyclic) bond motifs is 1. The molecule has 1 aromatic carbocycles. The van der Waals surface area contributed by atoms with Crippen LogP contribution in [0.25, 0.3) is 11.0 Å². The van der Waals surface area contributed by atoms with Gasteiger partial charge in [0.15, 0.2) is 5.65 Å². The Labute approximate surface area is 150 Å². The van der Waals surface area contributed by atoms with Crippen LogP contribution in [0.3, 0.4) is 0 Å². The van der Waals surface area contributed by atoms with E-state index in [4.69, 9.17) is 0 Å². The molecule has 1 aliphatic carbocycles. The topological polar surface area (TPSA) is 81.8 Å². The first-order valence-corrected chi connectivity index (χ1v) is 8.86. The third-order valence-corrected chi connectivity index (χ3v) is 4.67. The molecule has 0 atom stereocenters. The number of benzene rings is 1. The van der Waals surface area contributed by atoms with Gasteiger partial charge in [0.1, 0.15) is 11.7 Å². The molecule has 1 fully saturated rings. The fourth-order valence-electron chi connectivity index (χ4n) is 2.94. The molecule has 2 heterocycles. The van der Waals surface area contributed by atoms with Crippen molar-refractivity contribution < 1.29 is 4.79 Å². The second-order valence-electron chi connectivity index (χ2n) is 6.83. The van der Waals surface area contributed by atoms with E-state index >= 15 is 0 Å². The third kappa shape index (κ3) is 3.37. The standard InChI is InChI=1S/C19H21N5O2/c1-13-2-4-14(5-3-13)11-23-12-21-17-16(19(23)26)10-22-24(17)9-8-20-18(25)15-6-7-15/h2-5,10,12,15H,6-9,11H2,1H3,(H,20,25). The minimum atomic E-state index is -0.108. The van der Waals surface area contributed by atoms with Gasteiger partial charge in [0, 0.05) is 12.5 Å².